The maximum Gasteiger partial charge on any atom is 0.433 e. The zero-order valence-corrected chi connectivity index (χ0v) is 25.7. The van der Waals surface area contributed by atoms with Gasteiger partial charge in [0.15, 0.2) is 12.4 Å². The molecular formula is C28H34F6N10O2. The van der Waals surface area contributed by atoms with Crippen molar-refractivity contribution in [2.24, 2.45) is 0 Å². The van der Waals surface area contributed by atoms with Gasteiger partial charge < -0.3 is 35.2 Å². The lowest BCUT2D eigenvalue weighted by Crippen LogP contribution is -2.30. The first kappa shape index (κ1) is 34.4. The number of ether oxygens (including phenoxy) is 1. The molecule has 0 spiro atoms. The van der Waals surface area contributed by atoms with E-state index in [-0.39, 0.29) is 41.3 Å². The van der Waals surface area contributed by atoms with Gasteiger partial charge in [-0.15, -0.1) is 0 Å². The summed E-state index contributed by atoms with van der Waals surface area (Å²) in [7, 11) is 5.39. The molecule has 1 unspecified atom stereocenters. The van der Waals surface area contributed by atoms with Gasteiger partial charge in [-0.25, -0.2) is 15.0 Å². The van der Waals surface area contributed by atoms with Crippen LogP contribution >= 0.6 is 0 Å². The highest BCUT2D eigenvalue weighted by Gasteiger charge is 2.42. The molecular weight excluding hydrogens is 622 g/mol. The molecule has 18 heteroatoms. The first-order valence-corrected chi connectivity index (χ1v) is 13.9. The average molecular weight is 657 g/mol. The third-order valence-electron chi connectivity index (χ3n) is 6.81. The number of aliphatic hydroxyl groups is 1. The van der Waals surface area contributed by atoms with Gasteiger partial charge in [-0.3, -0.25) is 0 Å². The Morgan fingerprint density at radius 3 is 2.41 bits per heavy atom. The van der Waals surface area contributed by atoms with Gasteiger partial charge in [0.05, 0.1) is 17.1 Å². The van der Waals surface area contributed by atoms with Crippen LogP contribution in [0.5, 0.6) is 5.88 Å². The van der Waals surface area contributed by atoms with Crippen LogP contribution in [-0.4, -0.2) is 94.7 Å². The summed E-state index contributed by atoms with van der Waals surface area (Å²) < 4.78 is 84.9. The van der Waals surface area contributed by atoms with Crippen molar-refractivity contribution in [2.45, 2.75) is 37.8 Å². The molecule has 3 aromatic rings. The van der Waals surface area contributed by atoms with E-state index in [4.69, 9.17) is 4.74 Å². The lowest BCUT2D eigenvalue weighted by atomic mass is 9.91. The fourth-order valence-electron chi connectivity index (χ4n) is 4.57. The summed E-state index contributed by atoms with van der Waals surface area (Å²) in [5.74, 6) is -0.319. The second-order valence-corrected chi connectivity index (χ2v) is 11.4. The van der Waals surface area contributed by atoms with E-state index in [0.29, 0.717) is 18.8 Å². The lowest BCUT2D eigenvalue weighted by molar-refractivity contribution is -0.154. The summed E-state index contributed by atoms with van der Waals surface area (Å²) in [4.78, 5) is 26.0. The number of aromatic nitrogens is 5. The molecule has 0 fully saturated rings. The van der Waals surface area contributed by atoms with E-state index < -0.39 is 42.2 Å². The molecule has 1 atom stereocenters. The number of alkyl halides is 6. The topological polar surface area (TPSA) is 128 Å². The third kappa shape index (κ3) is 8.22. The number of halogens is 6. The Hall–Kier alpha value is -4.45. The molecule has 1 aliphatic heterocycles. The number of hydrogen-bond acceptors (Lipinski definition) is 12. The fraction of sp³-hybridized carbons (Fsp3) is 0.464. The molecule has 1 aliphatic rings. The molecule has 46 heavy (non-hydrogen) atoms. The minimum absolute atomic E-state index is 0.0528. The van der Waals surface area contributed by atoms with Crippen LogP contribution in [0.3, 0.4) is 0 Å². The summed E-state index contributed by atoms with van der Waals surface area (Å²) in [6.45, 7) is 6.55. The SMILES string of the molecule is C=CC(O)Nc1cc(Nc2ncnc(N3CC(C)(C)c4nc(C(F)(F)F)ccc43)n2)c(OCC(F)(F)F)nc1N(C)CCN(C)C. The molecule has 3 aromatic heterocycles. The highest BCUT2D eigenvalue weighted by Crippen LogP contribution is 2.44. The predicted molar refractivity (Wildman–Crippen MR) is 160 cm³/mol. The minimum Gasteiger partial charge on any atom is -0.466 e. The van der Waals surface area contributed by atoms with E-state index in [2.05, 4.69) is 42.1 Å². The van der Waals surface area contributed by atoms with Crippen molar-refractivity contribution in [1.29, 1.82) is 0 Å². The molecule has 0 saturated heterocycles. The van der Waals surface area contributed by atoms with Crippen molar-refractivity contribution in [2.75, 3.05) is 67.8 Å². The van der Waals surface area contributed by atoms with Crippen molar-refractivity contribution >= 4 is 34.8 Å². The van der Waals surface area contributed by atoms with Crippen LogP contribution in [0.25, 0.3) is 0 Å². The molecule has 12 nitrogen and oxygen atoms in total. The number of rotatable bonds is 12. The zero-order valence-electron chi connectivity index (χ0n) is 25.7. The second-order valence-electron chi connectivity index (χ2n) is 11.4. The Labute approximate surface area is 261 Å². The van der Waals surface area contributed by atoms with E-state index in [1.54, 1.807) is 30.7 Å². The molecule has 3 N–H and O–H groups in total. The molecule has 0 bridgehead atoms. The largest absolute Gasteiger partial charge is 0.466 e. The van der Waals surface area contributed by atoms with E-state index in [1.807, 2.05) is 19.0 Å². The van der Waals surface area contributed by atoms with Gasteiger partial charge in [0.25, 0.3) is 0 Å². The van der Waals surface area contributed by atoms with E-state index in [9.17, 15) is 31.4 Å². The molecule has 0 radical (unpaired) electrons. The monoisotopic (exact) mass is 656 g/mol. The summed E-state index contributed by atoms with van der Waals surface area (Å²) in [6.07, 6.45) is -8.19. The number of nitrogens with zero attached hydrogens (tertiary/aromatic N) is 8. The van der Waals surface area contributed by atoms with E-state index in [1.165, 1.54) is 18.2 Å². The number of likely N-dealkylation sites (N-methyl/N-ethyl adjacent to an activating group) is 2. The number of nitrogens with one attached hydrogen (secondary N) is 2. The molecule has 0 saturated carbocycles. The smallest absolute Gasteiger partial charge is 0.433 e. The molecule has 0 amide bonds. The van der Waals surface area contributed by atoms with Crippen LogP contribution in [-0.2, 0) is 11.6 Å². The summed E-state index contributed by atoms with van der Waals surface area (Å²) in [5.41, 5.74) is -1.12. The summed E-state index contributed by atoms with van der Waals surface area (Å²) in [6, 6.07) is 3.54. The molecule has 4 rings (SSSR count). The number of pyridine rings is 2. The first-order valence-electron chi connectivity index (χ1n) is 13.9. The van der Waals surface area contributed by atoms with Crippen LogP contribution < -0.4 is 25.2 Å². The van der Waals surface area contributed by atoms with E-state index in [0.717, 1.165) is 12.4 Å². The van der Waals surface area contributed by atoms with Gasteiger partial charge in [0.2, 0.25) is 17.8 Å². The van der Waals surface area contributed by atoms with Crippen LogP contribution in [0.2, 0.25) is 0 Å². The van der Waals surface area contributed by atoms with Crippen LogP contribution in [0.15, 0.2) is 37.2 Å². The van der Waals surface area contributed by atoms with Crippen LogP contribution in [0, 0.1) is 0 Å². The average Bonchev–Trinajstić information content (AvgIpc) is 3.24. The lowest BCUT2D eigenvalue weighted by Gasteiger charge is -2.26. The van der Waals surface area contributed by atoms with Crippen LogP contribution in [0.4, 0.5) is 61.1 Å². The highest BCUT2D eigenvalue weighted by atomic mass is 19.4. The first-order chi connectivity index (χ1) is 21.4. The molecule has 4 heterocycles. The Kier molecular flexibility index (Phi) is 9.81. The number of hydrogen-bond donors (Lipinski definition) is 3. The van der Waals surface area contributed by atoms with E-state index >= 15 is 0 Å². The Morgan fingerprint density at radius 1 is 1.07 bits per heavy atom. The summed E-state index contributed by atoms with van der Waals surface area (Å²) >= 11 is 0. The number of anilines is 6. The second kappa shape index (κ2) is 13.1. The van der Waals surface area contributed by atoms with Gasteiger partial charge in [-0.05, 0) is 38.4 Å². The predicted octanol–water partition coefficient (Wildman–Crippen LogP) is 4.71. The number of aliphatic hydroxyl groups excluding tert-OH is 1. The van der Waals surface area contributed by atoms with Crippen molar-refractivity contribution in [1.82, 2.24) is 29.8 Å². The maximum absolute atomic E-state index is 13.4. The third-order valence-corrected chi connectivity index (χ3v) is 6.81. The van der Waals surface area contributed by atoms with Crippen molar-refractivity contribution < 1.29 is 36.2 Å². The number of fused-ring (bicyclic) bond motifs is 1. The summed E-state index contributed by atoms with van der Waals surface area (Å²) in [5, 5.41) is 15.9. The molecule has 0 aromatic carbocycles. The Morgan fingerprint density at radius 2 is 1.78 bits per heavy atom. The fourth-order valence-corrected chi connectivity index (χ4v) is 4.57. The van der Waals surface area contributed by atoms with Crippen molar-refractivity contribution in [3.63, 3.8) is 0 Å². The standard InChI is InChI=1S/C28H34F6N10O2/c1-7-20(45)37-16-12-17(23(46-14-27(29,30)31)40-22(16)43(6)11-10-42(4)5)38-24-35-15-36-25(41-24)44-13-26(2,3)21-18(44)8-9-19(39-21)28(32,33)34/h7-9,12,15,20,37,45H,1,10-11,13-14H2,2-6H3,(H,35,36,38,41). The van der Waals surface area contributed by atoms with Crippen molar-refractivity contribution in [3.8, 4) is 5.88 Å². The zero-order chi connectivity index (χ0) is 34.0. The normalized spacial score (nSPS) is 15.0. The van der Waals surface area contributed by atoms with Gasteiger partial charge in [0.1, 0.15) is 23.9 Å². The minimum atomic E-state index is -4.68. The molecule has 0 aliphatic carbocycles. The van der Waals surface area contributed by atoms with Gasteiger partial charge in [0, 0.05) is 32.1 Å². The van der Waals surface area contributed by atoms with Gasteiger partial charge >= 0.3 is 12.4 Å². The van der Waals surface area contributed by atoms with Gasteiger partial charge in [-0.2, -0.15) is 36.3 Å². The Balaban J connectivity index is 1.74. The van der Waals surface area contributed by atoms with Gasteiger partial charge in [-0.1, -0.05) is 20.4 Å². The Bertz CT molecular complexity index is 1550. The molecule has 250 valence electrons. The van der Waals surface area contributed by atoms with Crippen molar-refractivity contribution in [3.05, 3.63) is 48.6 Å². The highest BCUT2D eigenvalue weighted by molar-refractivity contribution is 5.76. The van der Waals surface area contributed by atoms with Crippen LogP contribution in [0.1, 0.15) is 25.2 Å². The quantitative estimate of drug-likeness (QED) is 0.142. The maximum atomic E-state index is 13.4.